The van der Waals surface area contributed by atoms with E-state index in [0.29, 0.717) is 20.4 Å². The van der Waals surface area contributed by atoms with Crippen molar-refractivity contribution in [2.24, 2.45) is 0 Å². The lowest BCUT2D eigenvalue weighted by Gasteiger charge is -2.21. The van der Waals surface area contributed by atoms with Crippen molar-refractivity contribution >= 4 is 73.6 Å². The quantitative estimate of drug-likeness (QED) is 0.217. The Labute approximate surface area is 250 Å². The van der Waals surface area contributed by atoms with Gasteiger partial charge in [0.25, 0.3) is 0 Å². The third-order valence-electron chi connectivity index (χ3n) is 4.40. The van der Waals surface area contributed by atoms with Crippen molar-refractivity contribution in [1.82, 2.24) is 0 Å². The van der Waals surface area contributed by atoms with Crippen molar-refractivity contribution in [1.29, 1.82) is 0 Å². The van der Waals surface area contributed by atoms with Gasteiger partial charge in [0.15, 0.2) is 23.0 Å². The second kappa shape index (κ2) is 14.3. The van der Waals surface area contributed by atoms with Crippen LogP contribution in [-0.4, -0.2) is 57.3 Å². The molecule has 0 radical (unpaired) electrons. The van der Waals surface area contributed by atoms with Crippen molar-refractivity contribution in [3.05, 3.63) is 55.3 Å². The Hall–Kier alpha value is -1.09. The van der Waals surface area contributed by atoms with Crippen LogP contribution >= 0.6 is 63.7 Å². The predicted molar refractivity (Wildman–Crippen MR) is 155 cm³/mol. The summed E-state index contributed by atoms with van der Waals surface area (Å²) in [6.45, 7) is 10.2. The van der Waals surface area contributed by atoms with Crippen molar-refractivity contribution in [2.75, 3.05) is 26.4 Å². The van der Waals surface area contributed by atoms with Crippen molar-refractivity contribution in [3.63, 3.8) is 0 Å². The summed E-state index contributed by atoms with van der Waals surface area (Å²) in [5.41, 5.74) is 0. The van der Waals surface area contributed by atoms with E-state index in [1.54, 1.807) is 0 Å². The van der Waals surface area contributed by atoms with Gasteiger partial charge >= 0.3 is 0 Å². The van der Waals surface area contributed by atoms with E-state index in [-0.39, 0.29) is 56.7 Å². The van der Waals surface area contributed by atoms with Gasteiger partial charge in [-0.15, -0.1) is 0 Å². The maximum absolute atomic E-state index is 14.1. The number of rotatable bonds is 14. The molecule has 2 rings (SSSR count). The van der Waals surface area contributed by atoms with Gasteiger partial charge in [0.05, 0.1) is 21.2 Å². The highest BCUT2D eigenvalue weighted by Crippen LogP contribution is 2.50. The molecule has 2 unspecified atom stereocenters. The highest BCUT2D eigenvalue weighted by Gasteiger charge is 2.33. The van der Waals surface area contributed by atoms with E-state index in [4.69, 9.17) is 18.9 Å². The molecule has 2 aromatic carbocycles. The molecule has 0 saturated heterocycles. The van der Waals surface area contributed by atoms with Gasteiger partial charge in [-0.25, -0.2) is 8.42 Å². The molecule has 2 atom stereocenters. The molecular formula is C24H26Br4O8S. The van der Waals surface area contributed by atoms with Crippen LogP contribution in [0.1, 0.15) is 13.8 Å². The molecule has 204 valence electrons. The predicted octanol–water partition coefficient (Wildman–Crippen LogP) is 6.22. The molecule has 2 aromatic rings. The van der Waals surface area contributed by atoms with E-state index in [9.17, 15) is 18.6 Å². The highest BCUT2D eigenvalue weighted by atomic mass is 79.9. The van der Waals surface area contributed by atoms with Gasteiger partial charge in [0, 0.05) is 0 Å². The SMILES string of the molecule is C=CCOc1c(Br)cc(S(=O)(=O)c2cc(Br)c(OCC=C)c(Br)c2OCC(C)O)c(OCC(C)O)c1Br. The highest BCUT2D eigenvalue weighted by molar-refractivity contribution is 9.11. The van der Waals surface area contributed by atoms with Crippen LogP contribution in [0.15, 0.2) is 65.1 Å². The molecule has 2 N–H and O–H groups in total. The van der Waals surface area contributed by atoms with Crippen LogP contribution in [0.4, 0.5) is 0 Å². The molecule has 0 aliphatic carbocycles. The molecule has 0 amide bonds. The summed E-state index contributed by atoms with van der Waals surface area (Å²) in [7, 11) is -4.35. The van der Waals surface area contributed by atoms with Gasteiger partial charge in [0.1, 0.15) is 45.2 Å². The van der Waals surface area contributed by atoms with Crippen molar-refractivity contribution in [3.8, 4) is 23.0 Å². The van der Waals surface area contributed by atoms with Crippen LogP contribution in [-0.2, 0) is 9.84 Å². The second-order valence-corrected chi connectivity index (χ2v) is 12.9. The maximum atomic E-state index is 14.1. The molecule has 0 aliphatic heterocycles. The lowest BCUT2D eigenvalue weighted by molar-refractivity contribution is 0.119. The minimum atomic E-state index is -4.35. The molecule has 0 fully saturated rings. The van der Waals surface area contributed by atoms with E-state index < -0.39 is 22.0 Å². The summed E-state index contributed by atoms with van der Waals surface area (Å²) in [5.74, 6) is 0.453. The van der Waals surface area contributed by atoms with Gasteiger partial charge in [-0.2, -0.15) is 0 Å². The number of hydrogen-bond donors (Lipinski definition) is 2. The minimum absolute atomic E-state index is 0.0659. The number of aliphatic hydroxyl groups is 2. The zero-order valence-electron chi connectivity index (χ0n) is 20.0. The van der Waals surface area contributed by atoms with Crippen LogP contribution in [0.25, 0.3) is 0 Å². The molecule has 0 saturated carbocycles. The topological polar surface area (TPSA) is 112 Å². The molecule has 0 bridgehead atoms. The Kier molecular flexibility index (Phi) is 12.4. The smallest absolute Gasteiger partial charge is 0.214 e. The fourth-order valence-corrected chi connectivity index (χ4v) is 7.95. The largest absolute Gasteiger partial charge is 0.488 e. The van der Waals surface area contributed by atoms with Crippen molar-refractivity contribution in [2.45, 2.75) is 35.8 Å². The summed E-state index contributed by atoms with van der Waals surface area (Å²) in [6, 6.07) is 2.69. The molecular weight excluding hydrogens is 768 g/mol. The van der Waals surface area contributed by atoms with Gasteiger partial charge in [0.2, 0.25) is 9.84 Å². The first kappa shape index (κ1) is 32.1. The number of hydrogen-bond acceptors (Lipinski definition) is 8. The Morgan fingerprint density at radius 1 is 0.757 bits per heavy atom. The number of halogens is 4. The van der Waals surface area contributed by atoms with Gasteiger partial charge in [-0.3, -0.25) is 0 Å². The third-order valence-corrected chi connectivity index (χ3v) is 8.79. The van der Waals surface area contributed by atoms with Crippen LogP contribution in [0.3, 0.4) is 0 Å². The van der Waals surface area contributed by atoms with Crippen molar-refractivity contribution < 1.29 is 37.6 Å². The lowest BCUT2D eigenvalue weighted by atomic mass is 10.3. The van der Waals surface area contributed by atoms with Crippen LogP contribution in [0.5, 0.6) is 23.0 Å². The Morgan fingerprint density at radius 3 is 1.41 bits per heavy atom. The molecule has 0 aromatic heterocycles. The Balaban J connectivity index is 2.85. The van der Waals surface area contributed by atoms with E-state index in [1.165, 1.54) is 38.1 Å². The van der Waals surface area contributed by atoms with Gasteiger partial charge in [-0.1, -0.05) is 25.3 Å². The summed E-state index contributed by atoms with van der Waals surface area (Å²) in [5, 5.41) is 19.6. The minimum Gasteiger partial charge on any atom is -0.488 e. The summed E-state index contributed by atoms with van der Waals surface area (Å²) in [6.07, 6.45) is 1.32. The first-order valence-corrected chi connectivity index (χ1v) is 15.4. The molecule has 37 heavy (non-hydrogen) atoms. The fraction of sp³-hybridized carbons (Fsp3) is 0.333. The van der Waals surface area contributed by atoms with Gasteiger partial charge < -0.3 is 29.2 Å². The van der Waals surface area contributed by atoms with Crippen LogP contribution in [0.2, 0.25) is 0 Å². The molecule has 8 nitrogen and oxygen atoms in total. The zero-order valence-corrected chi connectivity index (χ0v) is 27.1. The second-order valence-electron chi connectivity index (χ2n) is 7.68. The van der Waals surface area contributed by atoms with E-state index >= 15 is 0 Å². The zero-order chi connectivity index (χ0) is 27.9. The number of ether oxygens (including phenoxy) is 4. The van der Waals surface area contributed by atoms with Gasteiger partial charge in [-0.05, 0) is 89.7 Å². The maximum Gasteiger partial charge on any atom is 0.214 e. The summed E-state index contributed by atoms with van der Waals surface area (Å²) >= 11 is 13.5. The van der Waals surface area contributed by atoms with Crippen LogP contribution < -0.4 is 18.9 Å². The fourth-order valence-electron chi connectivity index (χ4n) is 2.87. The first-order chi connectivity index (χ1) is 17.4. The molecule has 0 spiro atoms. The summed E-state index contributed by atoms with van der Waals surface area (Å²) in [4.78, 5) is -0.448. The third kappa shape index (κ3) is 7.96. The average Bonchev–Trinajstić information content (AvgIpc) is 2.81. The normalized spacial score (nSPS) is 13.0. The number of sulfone groups is 1. The average molecular weight is 794 g/mol. The van der Waals surface area contributed by atoms with E-state index in [1.807, 2.05) is 0 Å². The number of benzene rings is 2. The van der Waals surface area contributed by atoms with E-state index in [2.05, 4.69) is 76.9 Å². The first-order valence-electron chi connectivity index (χ1n) is 10.7. The molecule has 0 aliphatic rings. The van der Waals surface area contributed by atoms with E-state index in [0.717, 1.165) is 0 Å². The molecule has 0 heterocycles. The number of aliphatic hydroxyl groups excluding tert-OH is 2. The molecule has 13 heteroatoms. The monoisotopic (exact) mass is 790 g/mol. The lowest BCUT2D eigenvalue weighted by Crippen LogP contribution is -2.17. The Bertz CT molecular complexity index is 1160. The van der Waals surface area contributed by atoms with Crippen LogP contribution in [0, 0.1) is 0 Å². The Morgan fingerprint density at radius 2 is 1.11 bits per heavy atom. The standard InChI is InChI=1S/C24H26Br4O8S/c1-5-7-33-21-15(25)9-17(23(19(21)27)35-11-13(3)29)37(31,32)18-10-16(26)22(34-8-6-2)20(28)24(18)36-12-14(4)30/h5-6,9-10,13-14,29-30H,1-2,7-8,11-12H2,3-4H3. The summed E-state index contributed by atoms with van der Waals surface area (Å²) < 4.78 is 52.2.